The third-order valence-corrected chi connectivity index (χ3v) is 7.04. The molecule has 0 N–H and O–H groups in total. The normalized spacial score (nSPS) is 12.8. The molecule has 0 radical (unpaired) electrons. The molecule has 0 spiro atoms. The van der Waals surface area contributed by atoms with Crippen molar-refractivity contribution in [2.45, 2.75) is 13.3 Å². The minimum atomic E-state index is -3.36. The number of esters is 1. The molecule has 8 nitrogen and oxygen atoms in total. The number of carbonyl (C=O) groups is 2. The number of nitrogens with zero attached hydrogens (tertiary/aromatic N) is 2. The first-order valence-corrected chi connectivity index (χ1v) is 12.0. The predicted octanol–water partition coefficient (Wildman–Crippen LogP) is 3.63. The van der Waals surface area contributed by atoms with Gasteiger partial charge < -0.3 is 9.47 Å². The van der Waals surface area contributed by atoms with Gasteiger partial charge in [-0.2, -0.15) is 0 Å². The summed E-state index contributed by atoms with van der Waals surface area (Å²) >= 11 is 0. The third-order valence-electron chi connectivity index (χ3n) is 5.26. The summed E-state index contributed by atoms with van der Waals surface area (Å²) in [6, 6.07) is 14.8. The van der Waals surface area contributed by atoms with Crippen LogP contribution in [0.25, 0.3) is 0 Å². The number of hydrogen-bond acceptors (Lipinski definition) is 7. The number of anilines is 1. The van der Waals surface area contributed by atoms with E-state index >= 15 is 0 Å². The second-order valence-corrected chi connectivity index (χ2v) is 9.53. The molecule has 1 aromatic heterocycles. The van der Waals surface area contributed by atoms with E-state index in [1.54, 1.807) is 67.7 Å². The molecular formula is C24H22N2O6S. The van der Waals surface area contributed by atoms with Crippen molar-refractivity contribution in [2.24, 2.45) is 0 Å². The molecule has 2 aromatic carbocycles. The van der Waals surface area contributed by atoms with E-state index in [2.05, 4.69) is 4.98 Å². The zero-order valence-corrected chi connectivity index (χ0v) is 18.7. The molecule has 4 rings (SSSR count). The van der Waals surface area contributed by atoms with Crippen molar-refractivity contribution >= 4 is 27.5 Å². The Balaban J connectivity index is 1.44. The van der Waals surface area contributed by atoms with Gasteiger partial charge in [0, 0.05) is 18.3 Å². The number of ether oxygens (including phenoxy) is 2. The van der Waals surface area contributed by atoms with Crippen LogP contribution in [0.5, 0.6) is 11.5 Å². The fourth-order valence-electron chi connectivity index (χ4n) is 3.54. The first-order valence-electron chi connectivity index (χ1n) is 10.4. The van der Waals surface area contributed by atoms with Gasteiger partial charge in [0.05, 0.1) is 17.6 Å². The lowest BCUT2D eigenvalue weighted by atomic mass is 10.1. The Morgan fingerprint density at radius 2 is 1.91 bits per heavy atom. The Kier molecular flexibility index (Phi) is 6.41. The zero-order chi connectivity index (χ0) is 23.4. The molecule has 0 bridgehead atoms. The number of aromatic nitrogens is 1. The highest BCUT2D eigenvalue weighted by atomic mass is 32.2. The molecule has 33 heavy (non-hydrogen) atoms. The van der Waals surface area contributed by atoms with Crippen molar-refractivity contribution in [3.8, 4) is 11.5 Å². The Morgan fingerprint density at radius 3 is 2.67 bits per heavy atom. The van der Waals surface area contributed by atoms with Gasteiger partial charge in [0.25, 0.3) is 0 Å². The molecule has 0 amide bonds. The van der Waals surface area contributed by atoms with Crippen LogP contribution in [0, 0.1) is 0 Å². The molecule has 2 heterocycles. The van der Waals surface area contributed by atoms with Crippen LogP contribution in [-0.2, 0) is 21.2 Å². The largest absolute Gasteiger partial charge is 0.455 e. The van der Waals surface area contributed by atoms with Crippen LogP contribution in [0.3, 0.4) is 0 Å². The molecular weight excluding hydrogens is 444 g/mol. The summed E-state index contributed by atoms with van der Waals surface area (Å²) < 4.78 is 36.8. The van der Waals surface area contributed by atoms with Gasteiger partial charge in [-0.25, -0.2) is 13.2 Å². The number of carbonyl (C=O) groups excluding carboxylic acids is 2. The van der Waals surface area contributed by atoms with Gasteiger partial charge in [-0.15, -0.1) is 0 Å². The molecule has 0 fully saturated rings. The van der Waals surface area contributed by atoms with Gasteiger partial charge in [0.2, 0.25) is 10.0 Å². The highest BCUT2D eigenvalue weighted by Gasteiger charge is 2.28. The molecule has 170 valence electrons. The van der Waals surface area contributed by atoms with Gasteiger partial charge in [-0.05, 0) is 61.4 Å². The number of pyridine rings is 1. The van der Waals surface area contributed by atoms with Crippen molar-refractivity contribution in [3.05, 3.63) is 83.7 Å². The number of benzene rings is 2. The molecule has 0 atom stereocenters. The molecule has 0 unspecified atom stereocenters. The number of hydrogen-bond donors (Lipinski definition) is 0. The summed E-state index contributed by atoms with van der Waals surface area (Å²) in [6.45, 7) is 1.50. The summed E-state index contributed by atoms with van der Waals surface area (Å²) in [5, 5.41) is 0. The number of rotatable bonds is 8. The van der Waals surface area contributed by atoms with E-state index in [9.17, 15) is 18.0 Å². The fourth-order valence-corrected chi connectivity index (χ4v) is 4.70. The molecule has 0 aliphatic carbocycles. The van der Waals surface area contributed by atoms with Crippen LogP contribution in [0.15, 0.2) is 67.0 Å². The van der Waals surface area contributed by atoms with Crippen LogP contribution in [0.2, 0.25) is 0 Å². The van der Waals surface area contributed by atoms with Crippen molar-refractivity contribution in [1.82, 2.24) is 4.98 Å². The lowest BCUT2D eigenvalue weighted by Crippen LogP contribution is -2.30. The molecule has 3 aromatic rings. The number of Topliss-reactive ketones (excluding diaryl/α,β-unsaturated/α-hetero) is 1. The molecule has 1 aliphatic rings. The summed E-state index contributed by atoms with van der Waals surface area (Å²) in [7, 11) is -3.36. The lowest BCUT2D eigenvalue weighted by Gasteiger charge is -2.18. The van der Waals surface area contributed by atoms with Crippen LogP contribution >= 0.6 is 0 Å². The first kappa shape index (κ1) is 22.5. The van der Waals surface area contributed by atoms with E-state index in [4.69, 9.17) is 9.47 Å². The number of fused-ring (bicyclic) bond motifs is 1. The van der Waals surface area contributed by atoms with Crippen molar-refractivity contribution < 1.29 is 27.5 Å². The number of para-hydroxylation sites is 1. The molecule has 0 saturated heterocycles. The summed E-state index contributed by atoms with van der Waals surface area (Å²) in [5.74, 6) is -0.309. The lowest BCUT2D eigenvalue weighted by molar-refractivity contribution is 0.0472. The summed E-state index contributed by atoms with van der Waals surface area (Å²) in [6.07, 6.45) is 3.65. The van der Waals surface area contributed by atoms with Crippen LogP contribution in [0.4, 0.5) is 5.69 Å². The van der Waals surface area contributed by atoms with E-state index in [-0.39, 0.29) is 22.8 Å². The second-order valence-electron chi connectivity index (χ2n) is 7.35. The highest BCUT2D eigenvalue weighted by Crippen LogP contribution is 2.31. The highest BCUT2D eigenvalue weighted by molar-refractivity contribution is 7.92. The smallest absolute Gasteiger partial charge is 0.342 e. The summed E-state index contributed by atoms with van der Waals surface area (Å²) in [4.78, 5) is 29.2. The van der Waals surface area contributed by atoms with Gasteiger partial charge in [0.1, 0.15) is 17.1 Å². The topological polar surface area (TPSA) is 103 Å². The van der Waals surface area contributed by atoms with Crippen molar-refractivity contribution in [2.75, 3.05) is 23.2 Å². The van der Waals surface area contributed by atoms with Gasteiger partial charge in [-0.1, -0.05) is 12.1 Å². The average Bonchev–Trinajstić information content (AvgIpc) is 3.27. The first-order chi connectivity index (χ1) is 15.9. The Hall–Kier alpha value is -3.72. The van der Waals surface area contributed by atoms with E-state index in [1.165, 1.54) is 10.5 Å². The third kappa shape index (κ3) is 4.88. The van der Waals surface area contributed by atoms with Gasteiger partial charge in [-0.3, -0.25) is 14.1 Å². The van der Waals surface area contributed by atoms with Crippen LogP contribution < -0.4 is 9.04 Å². The Bertz CT molecular complexity index is 1290. The van der Waals surface area contributed by atoms with E-state index in [0.29, 0.717) is 30.0 Å². The van der Waals surface area contributed by atoms with Crippen LogP contribution in [-0.4, -0.2) is 44.1 Å². The van der Waals surface area contributed by atoms with E-state index in [1.807, 2.05) is 0 Å². The SMILES string of the molecule is CCS(=O)(=O)N1CCc2cc(C(=O)COC(=O)c3ccccc3Oc3cccnc3)ccc21. The predicted molar refractivity (Wildman–Crippen MR) is 122 cm³/mol. The Morgan fingerprint density at radius 1 is 1.09 bits per heavy atom. The van der Waals surface area contributed by atoms with E-state index in [0.717, 1.165) is 5.56 Å². The maximum Gasteiger partial charge on any atom is 0.342 e. The fraction of sp³-hybridized carbons (Fsp3) is 0.208. The van der Waals surface area contributed by atoms with E-state index < -0.39 is 22.6 Å². The molecule has 0 saturated carbocycles. The molecule has 9 heteroatoms. The van der Waals surface area contributed by atoms with Crippen LogP contribution in [0.1, 0.15) is 33.2 Å². The summed E-state index contributed by atoms with van der Waals surface area (Å²) in [5.41, 5.74) is 1.91. The van der Waals surface area contributed by atoms with Gasteiger partial charge in [0.15, 0.2) is 12.4 Å². The number of ketones is 1. The van der Waals surface area contributed by atoms with Gasteiger partial charge >= 0.3 is 5.97 Å². The second kappa shape index (κ2) is 9.41. The Labute approximate surface area is 191 Å². The monoisotopic (exact) mass is 466 g/mol. The standard InChI is InChI=1S/C24H22N2O6S/c1-2-33(29,30)26-13-11-17-14-18(9-10-21(17)26)22(27)16-31-24(28)20-7-3-4-8-23(20)32-19-6-5-12-25-15-19/h3-10,12,14-15H,2,11,13,16H2,1H3. The maximum atomic E-state index is 12.6. The average molecular weight is 467 g/mol. The minimum absolute atomic E-state index is 0.00897. The maximum absolute atomic E-state index is 12.6. The van der Waals surface area contributed by atoms with Crippen molar-refractivity contribution in [1.29, 1.82) is 0 Å². The quantitative estimate of drug-likeness (QED) is 0.369. The molecule has 1 aliphatic heterocycles. The van der Waals surface area contributed by atoms with Crippen molar-refractivity contribution in [3.63, 3.8) is 0 Å². The number of sulfonamides is 1. The minimum Gasteiger partial charge on any atom is -0.455 e. The zero-order valence-electron chi connectivity index (χ0n) is 17.9.